The average Bonchev–Trinajstić information content (AvgIpc) is 2.16. The van der Waals surface area contributed by atoms with Crippen LogP contribution in [0.25, 0.3) is 0 Å². The third kappa shape index (κ3) is 1.55. The zero-order chi connectivity index (χ0) is 9.46. The van der Waals surface area contributed by atoms with Crippen LogP contribution < -0.4 is 0 Å². The Morgan fingerprint density at radius 3 is 1.92 bits per heavy atom. The number of allylic oxidation sites excluding steroid dienone is 4. The molecule has 0 saturated carbocycles. The second kappa shape index (κ2) is 3.65. The van der Waals surface area contributed by atoms with Crippen molar-refractivity contribution in [3.05, 3.63) is 20.2 Å². The molecule has 1 atom stereocenters. The van der Waals surface area contributed by atoms with Crippen molar-refractivity contribution in [2.45, 2.75) is 31.2 Å². The molecule has 0 fully saturated rings. The summed E-state index contributed by atoms with van der Waals surface area (Å²) < 4.78 is 1.87. The molecule has 0 amide bonds. The Labute approximate surface area is 85.4 Å². The Bertz CT molecular complexity index is 261. The van der Waals surface area contributed by atoms with Crippen LogP contribution in [-0.2, 0) is 17.9 Å². The SMILES string of the molecule is CC1=C(C)C(C)[C]([Ti]([CH3])[CH3])=C1[SiH3]. The molecule has 67 valence electrons. The van der Waals surface area contributed by atoms with Crippen LogP contribution in [0.4, 0.5) is 0 Å². The van der Waals surface area contributed by atoms with Crippen LogP contribution in [0.2, 0.25) is 10.5 Å². The van der Waals surface area contributed by atoms with Crippen molar-refractivity contribution >= 4 is 10.2 Å². The second-order valence-electron chi connectivity index (χ2n) is 4.07. The standard InChI is InChI=1S/C8H13Si.2CH3.Ti/c1-5-4-8(9)7(3)6(5)2;;;/h5H,1-3,9H3;2*1H3;. The molecule has 1 rings (SSSR count). The Hall–Kier alpha value is 0.411. The molecule has 0 N–H and O–H groups in total. The number of hydrogen-bond acceptors (Lipinski definition) is 0. The van der Waals surface area contributed by atoms with E-state index < -0.39 is 17.9 Å². The van der Waals surface area contributed by atoms with Gasteiger partial charge in [0.25, 0.3) is 0 Å². The molecule has 1 aliphatic rings. The molecule has 0 saturated heterocycles. The molecule has 1 aliphatic carbocycles. The van der Waals surface area contributed by atoms with E-state index in [9.17, 15) is 0 Å². The van der Waals surface area contributed by atoms with Gasteiger partial charge in [0.2, 0.25) is 0 Å². The summed E-state index contributed by atoms with van der Waals surface area (Å²) in [5.74, 6) is 0.794. The zero-order valence-corrected chi connectivity index (χ0v) is 12.6. The van der Waals surface area contributed by atoms with Gasteiger partial charge in [-0.1, -0.05) is 0 Å². The van der Waals surface area contributed by atoms with Gasteiger partial charge in [0.05, 0.1) is 0 Å². The first-order chi connectivity index (χ1) is 5.46. The van der Waals surface area contributed by atoms with Crippen LogP contribution in [0.3, 0.4) is 0 Å². The molecule has 0 nitrogen and oxygen atoms in total. The molecular formula is C10H19SiTi. The molecule has 0 aromatic heterocycles. The van der Waals surface area contributed by atoms with Gasteiger partial charge in [0.1, 0.15) is 0 Å². The van der Waals surface area contributed by atoms with Crippen LogP contribution >= 0.6 is 0 Å². The third-order valence-electron chi connectivity index (χ3n) is 3.18. The van der Waals surface area contributed by atoms with Crippen molar-refractivity contribution in [3.8, 4) is 0 Å². The molecule has 0 aromatic carbocycles. The fourth-order valence-electron chi connectivity index (χ4n) is 2.17. The molecule has 1 unspecified atom stereocenters. The normalized spacial score (nSPS) is 24.2. The maximum absolute atomic E-state index is 2.48. The second-order valence-corrected chi connectivity index (χ2v) is 9.03. The Morgan fingerprint density at radius 1 is 1.25 bits per heavy atom. The summed E-state index contributed by atoms with van der Waals surface area (Å²) >= 11 is -0.799. The van der Waals surface area contributed by atoms with Gasteiger partial charge in [-0.25, -0.2) is 0 Å². The molecule has 0 bridgehead atoms. The first kappa shape index (κ1) is 10.5. The van der Waals surface area contributed by atoms with Gasteiger partial charge in [0.15, 0.2) is 0 Å². The molecule has 2 heteroatoms. The monoisotopic (exact) mass is 215 g/mol. The molecule has 0 heterocycles. The van der Waals surface area contributed by atoms with Crippen LogP contribution in [0.5, 0.6) is 0 Å². The van der Waals surface area contributed by atoms with E-state index in [1.165, 1.54) is 10.2 Å². The Kier molecular flexibility index (Phi) is 3.19. The summed E-state index contributed by atoms with van der Waals surface area (Å²) in [6, 6.07) is 0. The van der Waals surface area contributed by atoms with Crippen molar-refractivity contribution < 1.29 is 17.9 Å². The van der Waals surface area contributed by atoms with E-state index in [2.05, 4.69) is 31.2 Å². The van der Waals surface area contributed by atoms with Gasteiger partial charge in [-0.3, -0.25) is 0 Å². The minimum absolute atomic E-state index is 0.794. The average molecular weight is 215 g/mol. The maximum atomic E-state index is 2.48. The van der Waals surface area contributed by atoms with E-state index >= 15 is 0 Å². The number of rotatable bonds is 1. The predicted molar refractivity (Wildman–Crippen MR) is 56.2 cm³/mol. The molecular weight excluding hydrogens is 196 g/mol. The van der Waals surface area contributed by atoms with Gasteiger partial charge >= 0.3 is 85.5 Å². The summed E-state index contributed by atoms with van der Waals surface area (Å²) in [4.78, 5) is 0. The van der Waals surface area contributed by atoms with Crippen LogP contribution in [-0.4, -0.2) is 10.2 Å². The van der Waals surface area contributed by atoms with E-state index in [1.54, 1.807) is 16.3 Å². The van der Waals surface area contributed by atoms with E-state index in [-0.39, 0.29) is 0 Å². The van der Waals surface area contributed by atoms with Gasteiger partial charge in [0, 0.05) is 0 Å². The van der Waals surface area contributed by atoms with Crippen LogP contribution in [0.1, 0.15) is 20.8 Å². The Balaban J connectivity index is 3.09. The summed E-state index contributed by atoms with van der Waals surface area (Å²) in [5, 5.41) is 6.71. The summed E-state index contributed by atoms with van der Waals surface area (Å²) in [6.07, 6.45) is 0. The quantitative estimate of drug-likeness (QED) is 0.588. The van der Waals surface area contributed by atoms with Crippen molar-refractivity contribution in [1.82, 2.24) is 0 Å². The van der Waals surface area contributed by atoms with E-state index in [1.807, 2.05) is 3.88 Å². The third-order valence-corrected chi connectivity index (χ3v) is 8.19. The molecule has 12 heavy (non-hydrogen) atoms. The first-order valence-corrected chi connectivity index (χ1v) is 9.56. The van der Waals surface area contributed by atoms with Crippen molar-refractivity contribution in [3.63, 3.8) is 0 Å². The van der Waals surface area contributed by atoms with E-state index in [4.69, 9.17) is 0 Å². The molecule has 0 spiro atoms. The fraction of sp³-hybridized carbons (Fsp3) is 0.600. The zero-order valence-electron chi connectivity index (χ0n) is 9.08. The molecule has 0 aliphatic heterocycles. The van der Waals surface area contributed by atoms with Crippen molar-refractivity contribution in [2.24, 2.45) is 5.92 Å². The number of hydrogen-bond donors (Lipinski definition) is 0. The predicted octanol–water partition coefficient (Wildman–Crippen LogP) is 2.26. The Morgan fingerprint density at radius 2 is 1.75 bits per heavy atom. The topological polar surface area (TPSA) is 0 Å². The van der Waals surface area contributed by atoms with Gasteiger partial charge < -0.3 is 0 Å². The fourth-order valence-corrected chi connectivity index (χ4v) is 8.22. The minimum atomic E-state index is -0.799. The molecule has 0 aromatic rings. The van der Waals surface area contributed by atoms with Crippen molar-refractivity contribution in [2.75, 3.05) is 0 Å². The summed E-state index contributed by atoms with van der Waals surface area (Å²) in [5.41, 5.74) is 3.27. The van der Waals surface area contributed by atoms with E-state index in [0.717, 1.165) is 5.92 Å². The molecule has 0 radical (unpaired) electrons. The first-order valence-electron chi connectivity index (χ1n) is 4.65. The van der Waals surface area contributed by atoms with Gasteiger partial charge in [-0.2, -0.15) is 0 Å². The summed E-state index contributed by atoms with van der Waals surface area (Å²) in [7, 11) is 1.26. The van der Waals surface area contributed by atoms with Crippen LogP contribution in [0, 0.1) is 5.92 Å². The summed E-state index contributed by atoms with van der Waals surface area (Å²) in [6.45, 7) is 7.01. The van der Waals surface area contributed by atoms with Crippen molar-refractivity contribution in [1.29, 1.82) is 0 Å². The van der Waals surface area contributed by atoms with Gasteiger partial charge in [-0.15, -0.1) is 0 Å². The van der Waals surface area contributed by atoms with E-state index in [0.29, 0.717) is 0 Å². The van der Waals surface area contributed by atoms with Crippen LogP contribution in [0.15, 0.2) is 20.2 Å². The van der Waals surface area contributed by atoms with Gasteiger partial charge in [-0.05, 0) is 0 Å².